The van der Waals surface area contributed by atoms with Crippen molar-refractivity contribution in [2.75, 3.05) is 33.8 Å². The van der Waals surface area contributed by atoms with Crippen LogP contribution in [0.1, 0.15) is 20.3 Å². The minimum atomic E-state index is -0.615. The van der Waals surface area contributed by atoms with Crippen LogP contribution in [0.3, 0.4) is 0 Å². The second-order valence-electron chi connectivity index (χ2n) is 7.81. The Balaban J connectivity index is 2.03. The normalized spacial score (nSPS) is 12.6. The Bertz CT molecular complexity index is 1120. The molecule has 1 amide bonds. The van der Waals surface area contributed by atoms with E-state index in [2.05, 4.69) is 9.69 Å². The summed E-state index contributed by atoms with van der Waals surface area (Å²) < 4.78 is 26.5. The van der Waals surface area contributed by atoms with Gasteiger partial charge in [0.25, 0.3) is 0 Å². The largest absolute Gasteiger partial charge is 0.495 e. The molecule has 0 saturated heterocycles. The zero-order valence-corrected chi connectivity index (χ0v) is 21.1. The quantitative estimate of drug-likeness (QED) is 0.424. The van der Waals surface area contributed by atoms with E-state index in [0.717, 1.165) is 28.8 Å². The topological polar surface area (TPSA) is 105 Å². The summed E-state index contributed by atoms with van der Waals surface area (Å²) in [6.45, 7) is 3.96. The molecule has 0 saturated carbocycles. The molecule has 3 rings (SSSR count). The maximum Gasteiger partial charge on any atom is 0.241 e. The second-order valence-corrected chi connectivity index (χ2v) is 8.44. The summed E-state index contributed by atoms with van der Waals surface area (Å²) >= 11 is 1.33. The lowest BCUT2D eigenvalue weighted by molar-refractivity contribution is -0.118. The van der Waals surface area contributed by atoms with E-state index < -0.39 is 6.04 Å². The Hall–Kier alpha value is -3.30. The number of ether oxygens (including phenoxy) is 4. The van der Waals surface area contributed by atoms with E-state index in [1.54, 1.807) is 28.4 Å². The molecule has 1 heterocycles. The average Bonchev–Trinajstić information content (AvgIpc) is 3.36. The lowest BCUT2D eigenvalue weighted by atomic mass is 9.98. The standard InChI is InChI=1S/C25H31N3O5S/c1-7-14(2)22(26)25(29)27-18-10-15(8-9-19(18)30-3)17-13-34-28-23(17)16-11-20(31-4)24(33-6)21(12-16)32-5/h8-14,22H,7,26H2,1-6H3,(H,27,29). The first-order valence-electron chi connectivity index (χ1n) is 10.9. The summed E-state index contributed by atoms with van der Waals surface area (Å²) in [7, 11) is 6.28. The zero-order chi connectivity index (χ0) is 24.8. The number of methoxy groups -OCH3 is 4. The summed E-state index contributed by atoms with van der Waals surface area (Å²) in [6.07, 6.45) is 0.810. The van der Waals surface area contributed by atoms with Gasteiger partial charge in [-0.05, 0) is 47.3 Å². The van der Waals surface area contributed by atoms with Gasteiger partial charge in [-0.25, -0.2) is 0 Å². The van der Waals surface area contributed by atoms with E-state index in [-0.39, 0.29) is 11.8 Å². The number of aromatic nitrogens is 1. The van der Waals surface area contributed by atoms with Gasteiger partial charge in [-0.1, -0.05) is 26.3 Å². The summed E-state index contributed by atoms with van der Waals surface area (Å²) in [5, 5.41) is 4.88. The number of nitrogens with one attached hydrogen (secondary N) is 1. The van der Waals surface area contributed by atoms with Gasteiger partial charge < -0.3 is 30.0 Å². The first-order chi connectivity index (χ1) is 16.4. The molecule has 0 radical (unpaired) electrons. The maximum absolute atomic E-state index is 12.7. The smallest absolute Gasteiger partial charge is 0.241 e. The number of anilines is 1. The molecule has 0 aliphatic carbocycles. The zero-order valence-electron chi connectivity index (χ0n) is 20.3. The molecule has 0 fully saturated rings. The van der Waals surface area contributed by atoms with E-state index in [9.17, 15) is 4.79 Å². The molecule has 8 nitrogen and oxygen atoms in total. The predicted molar refractivity (Wildman–Crippen MR) is 135 cm³/mol. The van der Waals surface area contributed by atoms with Crippen molar-refractivity contribution >= 4 is 23.1 Å². The van der Waals surface area contributed by atoms with E-state index in [1.807, 2.05) is 49.6 Å². The van der Waals surface area contributed by atoms with Gasteiger partial charge >= 0.3 is 0 Å². The van der Waals surface area contributed by atoms with E-state index >= 15 is 0 Å². The van der Waals surface area contributed by atoms with Gasteiger partial charge in [0.1, 0.15) is 5.75 Å². The molecule has 2 atom stereocenters. The highest BCUT2D eigenvalue weighted by Crippen LogP contribution is 2.44. The number of hydrogen-bond acceptors (Lipinski definition) is 8. The van der Waals surface area contributed by atoms with Gasteiger partial charge in [-0.2, -0.15) is 4.37 Å². The fourth-order valence-corrected chi connectivity index (χ4v) is 4.28. The predicted octanol–water partition coefficient (Wildman–Crippen LogP) is 4.82. The molecule has 34 heavy (non-hydrogen) atoms. The van der Waals surface area contributed by atoms with Gasteiger partial charge in [0.05, 0.1) is 45.9 Å². The van der Waals surface area contributed by atoms with Crippen LogP contribution in [0.5, 0.6) is 23.0 Å². The Morgan fingerprint density at radius 2 is 1.65 bits per heavy atom. The van der Waals surface area contributed by atoms with Crippen LogP contribution in [0.2, 0.25) is 0 Å². The molecular weight excluding hydrogens is 454 g/mol. The third-order valence-electron chi connectivity index (χ3n) is 5.84. The Labute approximate surface area is 204 Å². The Morgan fingerprint density at radius 1 is 1.00 bits per heavy atom. The molecule has 2 aromatic carbocycles. The van der Waals surface area contributed by atoms with Crippen molar-refractivity contribution in [1.29, 1.82) is 0 Å². The van der Waals surface area contributed by atoms with Crippen molar-refractivity contribution in [3.63, 3.8) is 0 Å². The van der Waals surface area contributed by atoms with Crippen LogP contribution in [0.4, 0.5) is 5.69 Å². The van der Waals surface area contributed by atoms with Gasteiger partial charge in [-0.3, -0.25) is 4.79 Å². The molecule has 0 spiro atoms. The van der Waals surface area contributed by atoms with Crippen molar-refractivity contribution in [2.45, 2.75) is 26.3 Å². The van der Waals surface area contributed by atoms with E-state index in [4.69, 9.17) is 24.7 Å². The molecular formula is C25H31N3O5S. The lowest BCUT2D eigenvalue weighted by Crippen LogP contribution is -2.40. The molecule has 1 aromatic heterocycles. The number of benzene rings is 2. The van der Waals surface area contributed by atoms with Gasteiger partial charge in [0.15, 0.2) is 11.5 Å². The number of nitrogens with zero attached hydrogens (tertiary/aromatic N) is 1. The molecule has 0 bridgehead atoms. The van der Waals surface area contributed by atoms with Crippen molar-refractivity contribution in [3.8, 4) is 45.4 Å². The molecule has 3 N–H and O–H groups in total. The summed E-state index contributed by atoms with van der Waals surface area (Å²) in [5.41, 5.74) is 10.00. The van der Waals surface area contributed by atoms with Gasteiger partial charge in [0, 0.05) is 16.5 Å². The molecule has 2 unspecified atom stereocenters. The summed E-state index contributed by atoms with van der Waals surface area (Å²) in [4.78, 5) is 12.7. The second kappa shape index (κ2) is 11.2. The Morgan fingerprint density at radius 3 is 2.21 bits per heavy atom. The first-order valence-corrected chi connectivity index (χ1v) is 11.7. The lowest BCUT2D eigenvalue weighted by Gasteiger charge is -2.19. The molecule has 3 aromatic rings. The number of rotatable bonds is 10. The number of nitrogens with two attached hydrogens (primary N) is 1. The van der Waals surface area contributed by atoms with Crippen LogP contribution in [0.15, 0.2) is 35.7 Å². The third-order valence-corrected chi connectivity index (χ3v) is 6.47. The first kappa shape index (κ1) is 25.3. The minimum absolute atomic E-state index is 0.0573. The molecule has 9 heteroatoms. The van der Waals surface area contributed by atoms with Crippen LogP contribution in [-0.2, 0) is 4.79 Å². The molecule has 0 aliphatic heterocycles. The van der Waals surface area contributed by atoms with Crippen LogP contribution in [-0.4, -0.2) is 44.8 Å². The monoisotopic (exact) mass is 485 g/mol. The average molecular weight is 486 g/mol. The van der Waals surface area contributed by atoms with E-state index in [0.29, 0.717) is 28.7 Å². The van der Waals surface area contributed by atoms with Crippen LogP contribution in [0, 0.1) is 5.92 Å². The number of carbonyl (C=O) groups excluding carboxylic acids is 1. The van der Waals surface area contributed by atoms with Crippen molar-refractivity contribution in [2.24, 2.45) is 11.7 Å². The van der Waals surface area contributed by atoms with Gasteiger partial charge in [-0.15, -0.1) is 0 Å². The Kier molecular flexibility index (Phi) is 8.36. The van der Waals surface area contributed by atoms with E-state index in [1.165, 1.54) is 11.5 Å². The van der Waals surface area contributed by atoms with Crippen LogP contribution >= 0.6 is 11.5 Å². The highest BCUT2D eigenvalue weighted by atomic mass is 32.1. The highest BCUT2D eigenvalue weighted by molar-refractivity contribution is 7.04. The van der Waals surface area contributed by atoms with Crippen LogP contribution < -0.4 is 30.0 Å². The SMILES string of the molecule is CCC(C)C(N)C(=O)Nc1cc(-c2csnc2-c2cc(OC)c(OC)c(OC)c2)ccc1OC. The highest BCUT2D eigenvalue weighted by Gasteiger charge is 2.22. The maximum atomic E-state index is 12.7. The van der Waals surface area contributed by atoms with Crippen molar-refractivity contribution in [3.05, 3.63) is 35.7 Å². The number of amides is 1. The fourth-order valence-electron chi connectivity index (χ4n) is 3.57. The number of hydrogen-bond donors (Lipinski definition) is 2. The van der Waals surface area contributed by atoms with Crippen molar-refractivity contribution in [1.82, 2.24) is 4.37 Å². The third kappa shape index (κ3) is 5.10. The summed E-state index contributed by atoms with van der Waals surface area (Å²) in [6, 6.07) is 8.71. The summed E-state index contributed by atoms with van der Waals surface area (Å²) in [5.74, 6) is 1.94. The molecule has 0 aliphatic rings. The minimum Gasteiger partial charge on any atom is -0.495 e. The van der Waals surface area contributed by atoms with Crippen LogP contribution in [0.25, 0.3) is 22.4 Å². The van der Waals surface area contributed by atoms with Crippen molar-refractivity contribution < 1.29 is 23.7 Å². The fraction of sp³-hybridized carbons (Fsp3) is 0.360. The number of carbonyl (C=O) groups is 1. The van der Waals surface area contributed by atoms with Gasteiger partial charge in [0.2, 0.25) is 11.7 Å². The molecule has 182 valence electrons.